The highest BCUT2D eigenvalue weighted by atomic mass is 16.5. The number of aliphatic hydroxyl groups excluding tert-OH is 1. The van der Waals surface area contributed by atoms with Crippen LogP contribution in [0.5, 0.6) is 5.75 Å². The predicted octanol–water partition coefficient (Wildman–Crippen LogP) is 2.26. The van der Waals surface area contributed by atoms with Crippen molar-refractivity contribution in [3.8, 4) is 5.75 Å². The molecule has 4 nitrogen and oxygen atoms in total. The molecule has 1 rings (SSSR count). The van der Waals surface area contributed by atoms with E-state index in [0.29, 0.717) is 12.3 Å². The van der Waals surface area contributed by atoms with Gasteiger partial charge in [0, 0.05) is 30.6 Å². The molecule has 0 fully saturated rings. The van der Waals surface area contributed by atoms with Crippen molar-refractivity contribution < 1.29 is 9.84 Å². The molecule has 0 aliphatic heterocycles. The van der Waals surface area contributed by atoms with Gasteiger partial charge in [-0.15, -0.1) is 0 Å². The van der Waals surface area contributed by atoms with Crippen LogP contribution in [-0.4, -0.2) is 30.9 Å². The van der Waals surface area contributed by atoms with E-state index in [4.69, 9.17) is 10.5 Å². The maximum absolute atomic E-state index is 9.40. The molecule has 3 N–H and O–H groups in total. The lowest BCUT2D eigenvalue weighted by atomic mass is 10.0. The fourth-order valence-electron chi connectivity index (χ4n) is 1.56. The molecule has 0 aromatic heterocycles. The Bertz CT molecular complexity index is 391. The van der Waals surface area contributed by atoms with Crippen LogP contribution in [0.1, 0.15) is 27.2 Å². The molecule has 0 aliphatic carbocycles. The van der Waals surface area contributed by atoms with Gasteiger partial charge in [-0.2, -0.15) is 0 Å². The third-order valence-corrected chi connectivity index (χ3v) is 3.07. The lowest BCUT2D eigenvalue weighted by Gasteiger charge is -2.36. The molecule has 0 saturated carbocycles. The van der Waals surface area contributed by atoms with Crippen molar-refractivity contribution in [2.24, 2.45) is 0 Å². The number of ether oxygens (including phenoxy) is 1. The Hall–Kier alpha value is -1.42. The first-order valence-corrected chi connectivity index (χ1v) is 6.28. The molecule has 0 amide bonds. The zero-order chi connectivity index (χ0) is 13.8. The molecule has 1 aromatic rings. The molecule has 0 heterocycles. The van der Waals surface area contributed by atoms with Gasteiger partial charge in [-0.1, -0.05) is 6.92 Å². The standard InChI is InChI=1S/C14H24N2O2/c1-5-6-18-13-8-11(15)7-12(9-13)16(4)14(2,3)10-17/h7-9,17H,5-6,10,15H2,1-4H3. The van der Waals surface area contributed by atoms with Gasteiger partial charge >= 0.3 is 0 Å². The topological polar surface area (TPSA) is 58.7 Å². The number of nitrogens with two attached hydrogens (primary N) is 1. The van der Waals surface area contributed by atoms with E-state index >= 15 is 0 Å². The summed E-state index contributed by atoms with van der Waals surface area (Å²) in [4.78, 5) is 2.00. The van der Waals surface area contributed by atoms with Crippen molar-refractivity contribution in [3.63, 3.8) is 0 Å². The number of rotatable bonds is 6. The van der Waals surface area contributed by atoms with Crippen molar-refractivity contribution in [2.75, 3.05) is 30.9 Å². The molecule has 0 atom stereocenters. The summed E-state index contributed by atoms with van der Waals surface area (Å²) in [5.74, 6) is 0.771. The minimum atomic E-state index is -0.337. The van der Waals surface area contributed by atoms with Gasteiger partial charge in [-0.05, 0) is 26.3 Å². The minimum absolute atomic E-state index is 0.0729. The van der Waals surface area contributed by atoms with E-state index in [1.807, 2.05) is 44.0 Å². The number of likely N-dealkylation sites (N-methyl/N-ethyl adjacent to an activating group) is 1. The van der Waals surface area contributed by atoms with Crippen LogP contribution in [-0.2, 0) is 0 Å². The molecule has 102 valence electrons. The number of anilines is 2. The Morgan fingerprint density at radius 1 is 1.33 bits per heavy atom. The van der Waals surface area contributed by atoms with E-state index in [2.05, 4.69) is 6.92 Å². The average molecular weight is 252 g/mol. The molecule has 0 aliphatic rings. The monoisotopic (exact) mass is 252 g/mol. The molecule has 0 bridgehead atoms. The van der Waals surface area contributed by atoms with E-state index < -0.39 is 0 Å². The minimum Gasteiger partial charge on any atom is -0.493 e. The highest BCUT2D eigenvalue weighted by Gasteiger charge is 2.23. The first-order valence-electron chi connectivity index (χ1n) is 6.28. The van der Waals surface area contributed by atoms with Gasteiger partial charge in [0.1, 0.15) is 5.75 Å². The van der Waals surface area contributed by atoms with E-state index in [-0.39, 0.29) is 12.1 Å². The Labute approximate surface area is 109 Å². The summed E-state index contributed by atoms with van der Waals surface area (Å²) in [6, 6.07) is 5.65. The van der Waals surface area contributed by atoms with Crippen molar-refractivity contribution >= 4 is 11.4 Å². The van der Waals surface area contributed by atoms with Crippen LogP contribution in [0.25, 0.3) is 0 Å². The zero-order valence-electron chi connectivity index (χ0n) is 11.7. The lowest BCUT2D eigenvalue weighted by Crippen LogP contribution is -2.44. The molecular formula is C14H24N2O2. The quantitative estimate of drug-likeness (QED) is 0.762. The van der Waals surface area contributed by atoms with Gasteiger partial charge in [0.15, 0.2) is 0 Å². The molecule has 1 aromatic carbocycles. The number of hydrogen-bond donors (Lipinski definition) is 2. The largest absolute Gasteiger partial charge is 0.493 e. The van der Waals surface area contributed by atoms with Crippen LogP contribution in [0.2, 0.25) is 0 Å². The van der Waals surface area contributed by atoms with Crippen molar-refractivity contribution in [3.05, 3.63) is 18.2 Å². The fraction of sp³-hybridized carbons (Fsp3) is 0.571. The van der Waals surface area contributed by atoms with E-state index in [1.54, 1.807) is 0 Å². The SMILES string of the molecule is CCCOc1cc(N)cc(N(C)C(C)(C)CO)c1. The lowest BCUT2D eigenvalue weighted by molar-refractivity contribution is 0.216. The second-order valence-corrected chi connectivity index (χ2v) is 5.14. The summed E-state index contributed by atoms with van der Waals surface area (Å²) in [5, 5.41) is 9.40. The first kappa shape index (κ1) is 14.6. The normalized spacial score (nSPS) is 11.4. The van der Waals surface area contributed by atoms with Crippen LogP contribution in [0.4, 0.5) is 11.4 Å². The van der Waals surface area contributed by atoms with Crippen LogP contribution in [0, 0.1) is 0 Å². The Balaban J connectivity index is 2.98. The van der Waals surface area contributed by atoms with Crippen molar-refractivity contribution in [1.82, 2.24) is 0 Å². The molecule has 18 heavy (non-hydrogen) atoms. The fourth-order valence-corrected chi connectivity index (χ4v) is 1.56. The summed E-state index contributed by atoms with van der Waals surface area (Å²) in [6.07, 6.45) is 0.960. The summed E-state index contributed by atoms with van der Waals surface area (Å²) in [7, 11) is 1.94. The van der Waals surface area contributed by atoms with E-state index in [0.717, 1.165) is 17.9 Å². The molecule has 0 spiro atoms. The third-order valence-electron chi connectivity index (χ3n) is 3.07. The van der Waals surface area contributed by atoms with Crippen LogP contribution in [0.15, 0.2) is 18.2 Å². The van der Waals surface area contributed by atoms with Gasteiger partial charge in [0.25, 0.3) is 0 Å². The second-order valence-electron chi connectivity index (χ2n) is 5.14. The van der Waals surface area contributed by atoms with E-state index in [9.17, 15) is 5.11 Å². The number of hydrogen-bond acceptors (Lipinski definition) is 4. The molecule has 4 heteroatoms. The third kappa shape index (κ3) is 3.53. The summed E-state index contributed by atoms with van der Waals surface area (Å²) in [6.45, 7) is 6.76. The number of nitrogens with zero attached hydrogens (tertiary/aromatic N) is 1. The van der Waals surface area contributed by atoms with Crippen LogP contribution >= 0.6 is 0 Å². The van der Waals surface area contributed by atoms with Crippen molar-refractivity contribution in [2.45, 2.75) is 32.7 Å². The second kappa shape index (κ2) is 5.96. The first-order chi connectivity index (χ1) is 8.40. The smallest absolute Gasteiger partial charge is 0.123 e. The summed E-state index contributed by atoms with van der Waals surface area (Å²) in [5.41, 5.74) is 7.16. The molecule has 0 unspecified atom stereocenters. The van der Waals surface area contributed by atoms with Gasteiger partial charge in [-0.3, -0.25) is 0 Å². The Kier molecular flexibility index (Phi) is 4.84. The number of nitrogen functional groups attached to an aromatic ring is 1. The maximum atomic E-state index is 9.40. The Morgan fingerprint density at radius 3 is 2.56 bits per heavy atom. The molecular weight excluding hydrogens is 228 g/mol. The molecule has 0 radical (unpaired) electrons. The summed E-state index contributed by atoms with van der Waals surface area (Å²) >= 11 is 0. The average Bonchev–Trinajstić information content (AvgIpc) is 2.34. The zero-order valence-corrected chi connectivity index (χ0v) is 11.7. The van der Waals surface area contributed by atoms with Crippen LogP contribution in [0.3, 0.4) is 0 Å². The van der Waals surface area contributed by atoms with E-state index in [1.165, 1.54) is 0 Å². The van der Waals surface area contributed by atoms with Gasteiger partial charge in [0.05, 0.1) is 18.8 Å². The highest BCUT2D eigenvalue weighted by molar-refractivity contribution is 5.61. The van der Waals surface area contributed by atoms with Crippen molar-refractivity contribution in [1.29, 1.82) is 0 Å². The maximum Gasteiger partial charge on any atom is 0.123 e. The Morgan fingerprint density at radius 2 is 2.00 bits per heavy atom. The van der Waals surface area contributed by atoms with Gasteiger partial charge in [0.2, 0.25) is 0 Å². The number of aliphatic hydroxyl groups is 1. The molecule has 0 saturated heterocycles. The van der Waals surface area contributed by atoms with Gasteiger partial charge in [-0.25, -0.2) is 0 Å². The highest BCUT2D eigenvalue weighted by Crippen LogP contribution is 2.29. The van der Waals surface area contributed by atoms with Gasteiger partial charge < -0.3 is 20.5 Å². The number of benzene rings is 1. The van der Waals surface area contributed by atoms with Crippen LogP contribution < -0.4 is 15.4 Å². The summed E-state index contributed by atoms with van der Waals surface area (Å²) < 4.78 is 5.60. The predicted molar refractivity (Wildman–Crippen MR) is 76.2 cm³/mol.